The number of carbonyl (C=O) groups excluding carboxylic acids is 1. The van der Waals surface area contributed by atoms with Crippen molar-refractivity contribution in [2.45, 2.75) is 26.2 Å². The number of carbonyl (C=O) groups is 1. The van der Waals surface area contributed by atoms with E-state index in [9.17, 15) is 4.79 Å². The highest BCUT2D eigenvalue weighted by molar-refractivity contribution is 6.30. The van der Waals surface area contributed by atoms with E-state index in [1.54, 1.807) is 25.3 Å². The van der Waals surface area contributed by atoms with Crippen LogP contribution in [0.3, 0.4) is 0 Å². The van der Waals surface area contributed by atoms with Crippen LogP contribution >= 0.6 is 11.6 Å². The number of rotatable bonds is 6. The van der Waals surface area contributed by atoms with Crippen molar-refractivity contribution in [2.24, 2.45) is 5.10 Å². The molecule has 0 heterocycles. The Morgan fingerprint density at radius 3 is 2.50 bits per heavy atom. The second kappa shape index (κ2) is 8.72. The fraction of sp³-hybridized carbons (Fsp3) is 0.300. The maximum absolute atomic E-state index is 11.8. The fourth-order valence-corrected chi connectivity index (χ4v) is 2.39. The van der Waals surface area contributed by atoms with E-state index in [4.69, 9.17) is 21.1 Å². The minimum absolute atomic E-state index is 0.0754. The molecule has 138 valence electrons. The summed E-state index contributed by atoms with van der Waals surface area (Å²) < 4.78 is 10.7. The third-order valence-electron chi connectivity index (χ3n) is 3.67. The smallest absolute Gasteiger partial charge is 0.277 e. The molecule has 0 unspecified atom stereocenters. The lowest BCUT2D eigenvalue weighted by atomic mass is 9.87. The topological polar surface area (TPSA) is 59.9 Å². The molecule has 26 heavy (non-hydrogen) atoms. The molecule has 2 rings (SSSR count). The average molecular weight is 375 g/mol. The second-order valence-corrected chi connectivity index (χ2v) is 7.18. The summed E-state index contributed by atoms with van der Waals surface area (Å²) in [5, 5.41) is 4.46. The number of amides is 1. The van der Waals surface area contributed by atoms with Crippen LogP contribution in [0, 0.1) is 0 Å². The van der Waals surface area contributed by atoms with Crippen molar-refractivity contribution in [1.29, 1.82) is 0 Å². The first-order valence-corrected chi connectivity index (χ1v) is 8.56. The number of hydrazone groups is 1. The third-order valence-corrected chi connectivity index (χ3v) is 3.91. The van der Waals surface area contributed by atoms with E-state index in [1.165, 1.54) is 11.8 Å². The van der Waals surface area contributed by atoms with Crippen LogP contribution < -0.4 is 14.9 Å². The number of nitrogens with one attached hydrogen (secondary N) is 1. The number of hydrogen-bond acceptors (Lipinski definition) is 4. The highest BCUT2D eigenvalue weighted by atomic mass is 35.5. The Morgan fingerprint density at radius 1 is 1.19 bits per heavy atom. The van der Waals surface area contributed by atoms with Crippen LogP contribution in [-0.2, 0) is 10.2 Å². The van der Waals surface area contributed by atoms with E-state index in [0.29, 0.717) is 22.1 Å². The summed E-state index contributed by atoms with van der Waals surface area (Å²) in [6.07, 6.45) is 1.47. The lowest BCUT2D eigenvalue weighted by Crippen LogP contribution is -2.24. The van der Waals surface area contributed by atoms with Gasteiger partial charge in [0.05, 0.1) is 13.3 Å². The van der Waals surface area contributed by atoms with Gasteiger partial charge in [0.2, 0.25) is 0 Å². The molecule has 0 atom stereocenters. The zero-order chi connectivity index (χ0) is 19.2. The van der Waals surface area contributed by atoms with Gasteiger partial charge in [0.15, 0.2) is 6.61 Å². The zero-order valence-electron chi connectivity index (χ0n) is 15.4. The summed E-state index contributed by atoms with van der Waals surface area (Å²) in [5.74, 6) is 0.887. The van der Waals surface area contributed by atoms with Gasteiger partial charge in [-0.1, -0.05) is 44.5 Å². The van der Waals surface area contributed by atoms with Crippen molar-refractivity contribution in [2.75, 3.05) is 13.7 Å². The molecule has 2 aromatic rings. The van der Waals surface area contributed by atoms with Crippen molar-refractivity contribution >= 4 is 23.7 Å². The zero-order valence-corrected chi connectivity index (χ0v) is 16.1. The normalized spacial score (nSPS) is 11.4. The SMILES string of the molecule is COc1ccc(Cl)cc1/C=N/NC(=O)COc1ccc(C(C)(C)C)cc1. The molecule has 5 nitrogen and oxygen atoms in total. The Bertz CT molecular complexity index is 781. The number of ether oxygens (including phenoxy) is 2. The van der Waals surface area contributed by atoms with E-state index in [-0.39, 0.29) is 17.9 Å². The summed E-state index contributed by atoms with van der Waals surface area (Å²) >= 11 is 5.95. The first-order valence-electron chi connectivity index (χ1n) is 8.18. The molecule has 1 N–H and O–H groups in total. The molecular weight excluding hydrogens is 352 g/mol. The summed E-state index contributed by atoms with van der Waals surface area (Å²) in [6.45, 7) is 6.30. The van der Waals surface area contributed by atoms with E-state index >= 15 is 0 Å². The monoisotopic (exact) mass is 374 g/mol. The average Bonchev–Trinajstić information content (AvgIpc) is 2.60. The molecule has 0 aliphatic rings. The summed E-state index contributed by atoms with van der Waals surface area (Å²) in [7, 11) is 1.55. The minimum atomic E-state index is -0.359. The van der Waals surface area contributed by atoms with Crippen LogP contribution in [0.5, 0.6) is 11.5 Å². The van der Waals surface area contributed by atoms with E-state index in [0.717, 1.165) is 0 Å². The Morgan fingerprint density at radius 2 is 1.88 bits per heavy atom. The molecule has 6 heteroatoms. The van der Waals surface area contributed by atoms with Crippen LogP contribution in [0.2, 0.25) is 5.02 Å². The van der Waals surface area contributed by atoms with E-state index in [1.807, 2.05) is 24.3 Å². The molecular formula is C20H23ClN2O3. The number of halogens is 1. The van der Waals surface area contributed by atoms with Gasteiger partial charge in [-0.25, -0.2) is 5.43 Å². The van der Waals surface area contributed by atoms with Gasteiger partial charge < -0.3 is 9.47 Å². The van der Waals surface area contributed by atoms with Gasteiger partial charge in [-0.05, 0) is 41.3 Å². The van der Waals surface area contributed by atoms with E-state index in [2.05, 4.69) is 31.3 Å². The quantitative estimate of drug-likeness (QED) is 0.609. The second-order valence-electron chi connectivity index (χ2n) is 6.74. The first-order chi connectivity index (χ1) is 12.3. The molecule has 0 aliphatic heterocycles. The number of benzene rings is 2. The molecule has 0 aliphatic carbocycles. The van der Waals surface area contributed by atoms with Crippen molar-refractivity contribution in [1.82, 2.24) is 5.43 Å². The Balaban J connectivity index is 1.87. The van der Waals surface area contributed by atoms with Gasteiger partial charge in [-0.3, -0.25) is 4.79 Å². The minimum Gasteiger partial charge on any atom is -0.496 e. The molecule has 0 bridgehead atoms. The molecule has 0 aromatic heterocycles. The van der Waals surface area contributed by atoms with Gasteiger partial charge in [0.1, 0.15) is 11.5 Å². The van der Waals surface area contributed by atoms with Gasteiger partial charge in [0, 0.05) is 10.6 Å². The molecule has 0 spiro atoms. The summed E-state index contributed by atoms with van der Waals surface area (Å²) in [4.78, 5) is 11.8. The van der Waals surface area contributed by atoms with Crippen LogP contribution in [-0.4, -0.2) is 25.8 Å². The first kappa shape index (κ1) is 19.8. The van der Waals surface area contributed by atoms with Crippen LogP contribution in [0.4, 0.5) is 0 Å². The molecule has 0 saturated heterocycles. The van der Waals surface area contributed by atoms with Crippen molar-refractivity contribution in [3.8, 4) is 11.5 Å². The summed E-state index contributed by atoms with van der Waals surface area (Å²) in [5.41, 5.74) is 4.36. The fourth-order valence-electron chi connectivity index (χ4n) is 2.21. The molecule has 0 saturated carbocycles. The standard InChI is InChI=1S/C20H23ClN2O3/c1-20(2,3)15-5-8-17(9-6-15)26-13-19(24)23-22-12-14-11-16(21)7-10-18(14)25-4/h5-12H,13H2,1-4H3,(H,23,24)/b22-12+. The van der Waals surface area contributed by atoms with Crippen LogP contribution in [0.15, 0.2) is 47.6 Å². The Labute approximate surface area is 159 Å². The highest BCUT2D eigenvalue weighted by Crippen LogP contribution is 2.24. The van der Waals surface area contributed by atoms with E-state index < -0.39 is 0 Å². The molecule has 1 amide bonds. The predicted molar refractivity (Wildman–Crippen MR) is 104 cm³/mol. The van der Waals surface area contributed by atoms with Crippen molar-refractivity contribution in [3.63, 3.8) is 0 Å². The van der Waals surface area contributed by atoms with Gasteiger partial charge in [-0.2, -0.15) is 5.10 Å². The lowest BCUT2D eigenvalue weighted by molar-refractivity contribution is -0.123. The summed E-state index contributed by atoms with van der Waals surface area (Å²) in [6, 6.07) is 12.9. The van der Waals surface area contributed by atoms with Gasteiger partial charge in [-0.15, -0.1) is 0 Å². The highest BCUT2D eigenvalue weighted by Gasteiger charge is 2.13. The van der Waals surface area contributed by atoms with Gasteiger partial charge >= 0.3 is 0 Å². The Kier molecular flexibility index (Phi) is 6.64. The maximum Gasteiger partial charge on any atom is 0.277 e. The number of nitrogens with zero attached hydrogens (tertiary/aromatic N) is 1. The van der Waals surface area contributed by atoms with Crippen molar-refractivity contribution in [3.05, 3.63) is 58.6 Å². The molecule has 0 radical (unpaired) electrons. The van der Waals surface area contributed by atoms with Crippen LogP contribution in [0.25, 0.3) is 0 Å². The molecule has 0 fully saturated rings. The number of methoxy groups -OCH3 is 1. The maximum atomic E-state index is 11.8. The predicted octanol–water partition coefficient (Wildman–Crippen LogP) is 4.18. The molecule has 2 aromatic carbocycles. The van der Waals surface area contributed by atoms with Crippen LogP contribution in [0.1, 0.15) is 31.9 Å². The van der Waals surface area contributed by atoms with Crippen molar-refractivity contribution < 1.29 is 14.3 Å². The Hall–Kier alpha value is -2.53. The third kappa shape index (κ3) is 5.77. The largest absolute Gasteiger partial charge is 0.496 e. The lowest BCUT2D eigenvalue weighted by Gasteiger charge is -2.19. The van der Waals surface area contributed by atoms with Gasteiger partial charge in [0.25, 0.3) is 5.91 Å². The number of hydrogen-bond donors (Lipinski definition) is 1.